The smallest absolute Gasteiger partial charge is 0.330 e. The predicted octanol–water partition coefficient (Wildman–Crippen LogP) is 4.57. The van der Waals surface area contributed by atoms with Gasteiger partial charge in [-0.05, 0) is 55.5 Å². The fourth-order valence-corrected chi connectivity index (χ4v) is 3.63. The van der Waals surface area contributed by atoms with Crippen LogP contribution in [0.2, 0.25) is 18.1 Å². The summed E-state index contributed by atoms with van der Waals surface area (Å²) in [5, 5.41) is 0.151. The number of rotatable bonds is 8. The fourth-order valence-electron chi connectivity index (χ4n) is 2.37. The van der Waals surface area contributed by atoms with Gasteiger partial charge in [-0.2, -0.15) is 0 Å². The van der Waals surface area contributed by atoms with Crippen molar-refractivity contribution in [2.24, 2.45) is 0 Å². The number of Topliss-reactive ketones (excluding diaryl/α,β-unsaturated/α-hetero) is 1. The van der Waals surface area contributed by atoms with E-state index >= 15 is 0 Å². The van der Waals surface area contributed by atoms with E-state index < -0.39 is 8.32 Å². The standard InChI is InChI=1S/C19H32O4Si/c1-19(2,3)24(5,6)23-16-13-15(17(20)14-16)11-9-7-8-10-12-18(21)22-4/h10,12-13,16H,7-9,11,14H2,1-6H3/t16-/m0/s1. The Morgan fingerprint density at radius 3 is 2.58 bits per heavy atom. The van der Waals surface area contributed by atoms with Crippen molar-refractivity contribution < 1.29 is 18.8 Å². The van der Waals surface area contributed by atoms with Gasteiger partial charge in [-0.3, -0.25) is 4.79 Å². The lowest BCUT2D eigenvalue weighted by atomic mass is 10.1. The maximum Gasteiger partial charge on any atom is 0.330 e. The molecule has 5 heteroatoms. The van der Waals surface area contributed by atoms with Crippen LogP contribution in [0, 0.1) is 0 Å². The molecule has 0 amide bonds. The third-order valence-electron chi connectivity index (χ3n) is 4.91. The highest BCUT2D eigenvalue weighted by Crippen LogP contribution is 2.39. The van der Waals surface area contributed by atoms with Crippen LogP contribution in [0.15, 0.2) is 23.8 Å². The molecule has 1 rings (SSSR count). The molecule has 0 saturated carbocycles. The van der Waals surface area contributed by atoms with Gasteiger partial charge in [0.2, 0.25) is 0 Å². The molecule has 0 fully saturated rings. The van der Waals surface area contributed by atoms with Crippen LogP contribution in [-0.4, -0.2) is 33.3 Å². The summed E-state index contributed by atoms with van der Waals surface area (Å²) < 4.78 is 10.9. The quantitative estimate of drug-likeness (QED) is 0.278. The van der Waals surface area contributed by atoms with Gasteiger partial charge in [0.15, 0.2) is 14.1 Å². The molecule has 0 aliphatic heterocycles. The third-order valence-corrected chi connectivity index (χ3v) is 9.41. The van der Waals surface area contributed by atoms with E-state index in [4.69, 9.17) is 4.43 Å². The Kier molecular flexibility index (Phi) is 7.61. The van der Waals surface area contributed by atoms with Crippen LogP contribution in [0.1, 0.15) is 52.9 Å². The normalized spacial score (nSPS) is 19.0. The summed E-state index contributed by atoms with van der Waals surface area (Å²) in [4.78, 5) is 23.1. The van der Waals surface area contributed by atoms with E-state index in [9.17, 15) is 9.59 Å². The molecule has 0 spiro atoms. The Morgan fingerprint density at radius 2 is 2.00 bits per heavy atom. The van der Waals surface area contributed by atoms with Gasteiger partial charge in [0, 0.05) is 12.5 Å². The molecule has 0 aromatic heterocycles. The SMILES string of the molecule is COC(=O)C=CCCCCC1=C[C@H](O[Si](C)(C)C(C)(C)C)CC1=O. The minimum Gasteiger partial charge on any atom is -0.466 e. The van der Waals surface area contributed by atoms with Crippen LogP contribution in [0.3, 0.4) is 0 Å². The largest absolute Gasteiger partial charge is 0.466 e. The molecule has 24 heavy (non-hydrogen) atoms. The lowest BCUT2D eigenvalue weighted by Crippen LogP contribution is -2.43. The molecule has 0 aromatic carbocycles. The number of carbonyl (C=O) groups excluding carboxylic acids is 2. The van der Waals surface area contributed by atoms with Gasteiger partial charge in [-0.15, -0.1) is 0 Å². The highest BCUT2D eigenvalue weighted by Gasteiger charge is 2.40. The molecule has 0 unspecified atom stereocenters. The number of ether oxygens (including phenoxy) is 1. The summed E-state index contributed by atoms with van der Waals surface area (Å²) in [5.41, 5.74) is 0.913. The minimum atomic E-state index is -1.84. The molecule has 0 heterocycles. The van der Waals surface area contributed by atoms with Gasteiger partial charge in [0.1, 0.15) is 0 Å². The van der Waals surface area contributed by atoms with Gasteiger partial charge >= 0.3 is 5.97 Å². The van der Waals surface area contributed by atoms with Crippen molar-refractivity contribution in [2.45, 2.75) is 77.1 Å². The van der Waals surface area contributed by atoms with Crippen LogP contribution in [0.25, 0.3) is 0 Å². The third kappa shape index (κ3) is 6.36. The maximum absolute atomic E-state index is 12.2. The molecule has 1 aliphatic rings. The lowest BCUT2D eigenvalue weighted by Gasteiger charge is -2.37. The van der Waals surface area contributed by atoms with Gasteiger partial charge in [0.05, 0.1) is 13.2 Å². The molecule has 0 N–H and O–H groups in total. The number of methoxy groups -OCH3 is 1. The molecule has 0 saturated heterocycles. The Bertz CT molecular complexity index is 512. The molecule has 1 atom stereocenters. The fraction of sp³-hybridized carbons (Fsp3) is 0.684. The van der Waals surface area contributed by atoms with Crippen LogP contribution in [-0.2, 0) is 18.8 Å². The molecular formula is C19H32O4Si. The number of carbonyl (C=O) groups is 2. The zero-order chi connectivity index (χ0) is 18.4. The summed E-state index contributed by atoms with van der Waals surface area (Å²) in [5.74, 6) is -0.0990. The number of allylic oxidation sites excluding steroid dienone is 2. The summed E-state index contributed by atoms with van der Waals surface area (Å²) in [6.45, 7) is 11.1. The monoisotopic (exact) mass is 352 g/mol. The van der Waals surface area contributed by atoms with Crippen molar-refractivity contribution in [1.29, 1.82) is 0 Å². The molecule has 0 radical (unpaired) electrons. The maximum atomic E-state index is 12.2. The highest BCUT2D eigenvalue weighted by atomic mass is 28.4. The molecule has 0 aromatic rings. The second kappa shape index (κ2) is 8.76. The predicted molar refractivity (Wildman–Crippen MR) is 99.4 cm³/mol. The van der Waals surface area contributed by atoms with Crippen LogP contribution in [0.4, 0.5) is 0 Å². The Labute approximate surface area is 147 Å². The van der Waals surface area contributed by atoms with E-state index in [0.717, 1.165) is 31.3 Å². The van der Waals surface area contributed by atoms with E-state index in [2.05, 4.69) is 38.6 Å². The first-order valence-corrected chi connectivity index (χ1v) is 11.6. The zero-order valence-corrected chi connectivity index (χ0v) is 17.0. The van der Waals surface area contributed by atoms with Crippen LogP contribution >= 0.6 is 0 Å². The van der Waals surface area contributed by atoms with E-state index in [1.165, 1.54) is 13.2 Å². The molecule has 4 nitrogen and oxygen atoms in total. The second-order valence-electron chi connectivity index (χ2n) is 7.91. The van der Waals surface area contributed by atoms with Crippen molar-refractivity contribution in [3.63, 3.8) is 0 Å². The number of esters is 1. The molecule has 1 aliphatic carbocycles. The minimum absolute atomic E-state index is 0.0485. The van der Waals surface area contributed by atoms with Gasteiger partial charge < -0.3 is 9.16 Å². The van der Waals surface area contributed by atoms with Crippen molar-refractivity contribution in [2.75, 3.05) is 7.11 Å². The van der Waals surface area contributed by atoms with E-state index in [1.807, 2.05) is 12.2 Å². The van der Waals surface area contributed by atoms with Crippen LogP contribution < -0.4 is 0 Å². The first-order chi connectivity index (χ1) is 11.1. The number of ketones is 1. The number of hydrogen-bond acceptors (Lipinski definition) is 4. The summed E-state index contributed by atoms with van der Waals surface area (Å²) in [6, 6.07) is 0. The van der Waals surface area contributed by atoms with Crippen molar-refractivity contribution in [3.8, 4) is 0 Å². The van der Waals surface area contributed by atoms with E-state index in [0.29, 0.717) is 6.42 Å². The van der Waals surface area contributed by atoms with Crippen LogP contribution in [0.5, 0.6) is 0 Å². The first kappa shape index (κ1) is 20.8. The van der Waals surface area contributed by atoms with Crippen molar-refractivity contribution in [3.05, 3.63) is 23.8 Å². The van der Waals surface area contributed by atoms with E-state index in [1.54, 1.807) is 0 Å². The number of hydrogen-bond donors (Lipinski definition) is 0. The molecular weight excluding hydrogens is 320 g/mol. The average molecular weight is 353 g/mol. The summed E-state index contributed by atoms with van der Waals surface area (Å²) >= 11 is 0. The number of unbranched alkanes of at least 4 members (excludes halogenated alkanes) is 2. The van der Waals surface area contributed by atoms with E-state index in [-0.39, 0.29) is 22.9 Å². The van der Waals surface area contributed by atoms with Gasteiger partial charge in [-0.25, -0.2) is 4.79 Å². The lowest BCUT2D eigenvalue weighted by molar-refractivity contribution is -0.134. The van der Waals surface area contributed by atoms with Crippen molar-refractivity contribution >= 4 is 20.1 Å². The average Bonchev–Trinajstić information content (AvgIpc) is 2.80. The first-order valence-electron chi connectivity index (χ1n) is 8.73. The summed E-state index contributed by atoms with van der Waals surface area (Å²) in [7, 11) is -0.474. The Hall–Kier alpha value is -1.20. The zero-order valence-electron chi connectivity index (χ0n) is 16.0. The second-order valence-corrected chi connectivity index (χ2v) is 12.7. The van der Waals surface area contributed by atoms with Gasteiger partial charge in [-0.1, -0.05) is 26.8 Å². The highest BCUT2D eigenvalue weighted by molar-refractivity contribution is 6.74. The summed E-state index contributed by atoms with van der Waals surface area (Å²) in [6.07, 6.45) is 9.25. The van der Waals surface area contributed by atoms with Crippen molar-refractivity contribution in [1.82, 2.24) is 0 Å². The molecule has 136 valence electrons. The Balaban J connectivity index is 2.42. The molecule has 0 bridgehead atoms. The topological polar surface area (TPSA) is 52.6 Å². The van der Waals surface area contributed by atoms with Gasteiger partial charge in [0.25, 0.3) is 0 Å². The Morgan fingerprint density at radius 1 is 1.33 bits per heavy atom.